The van der Waals surface area contributed by atoms with Crippen molar-refractivity contribution in [3.8, 4) is 0 Å². The Labute approximate surface area is 54.0 Å². The molecule has 0 nitrogen and oxygen atoms in total. The standard InChI is InChI=1S/C4H3S.Zn/c1-2-4-5-3-1;/h1-3H;/q-1;. The summed E-state index contributed by atoms with van der Waals surface area (Å²) in [4.78, 5) is 0. The predicted molar refractivity (Wildman–Crippen MR) is 23.2 cm³/mol. The molecule has 6 heavy (non-hydrogen) atoms. The average molecular weight is 149 g/mol. The minimum Gasteiger partial charge on any atom is -0.304 e. The molecule has 0 fully saturated rings. The summed E-state index contributed by atoms with van der Waals surface area (Å²) in [6.45, 7) is 0. The van der Waals surface area contributed by atoms with E-state index in [1.807, 2.05) is 17.5 Å². The van der Waals surface area contributed by atoms with Crippen molar-refractivity contribution in [1.29, 1.82) is 0 Å². The Morgan fingerprint density at radius 2 is 2.33 bits per heavy atom. The Hall–Kier alpha value is 0.323. The molecule has 0 atom stereocenters. The van der Waals surface area contributed by atoms with E-state index in [0.29, 0.717) is 0 Å². The van der Waals surface area contributed by atoms with Crippen molar-refractivity contribution in [3.05, 3.63) is 22.9 Å². The maximum Gasteiger partial charge on any atom is 0 e. The van der Waals surface area contributed by atoms with E-state index in [2.05, 4.69) is 5.38 Å². The second-order valence-electron chi connectivity index (χ2n) is 0.731. The van der Waals surface area contributed by atoms with Crippen LogP contribution in [0.1, 0.15) is 0 Å². The van der Waals surface area contributed by atoms with Crippen molar-refractivity contribution in [2.24, 2.45) is 0 Å². The molecule has 1 aromatic rings. The molecule has 0 saturated heterocycles. The molecule has 0 radical (unpaired) electrons. The van der Waals surface area contributed by atoms with Crippen molar-refractivity contribution >= 4 is 11.3 Å². The molecule has 0 aliphatic heterocycles. The zero-order chi connectivity index (χ0) is 3.54. The van der Waals surface area contributed by atoms with E-state index < -0.39 is 0 Å². The van der Waals surface area contributed by atoms with Gasteiger partial charge in [0.05, 0.1) is 0 Å². The molecule has 28 valence electrons. The smallest absolute Gasteiger partial charge is 0 e. The normalized spacial score (nSPS) is 6.67. The molecular weight excluding hydrogens is 146 g/mol. The van der Waals surface area contributed by atoms with Crippen molar-refractivity contribution in [3.63, 3.8) is 0 Å². The van der Waals surface area contributed by atoms with Gasteiger partial charge in [-0.25, -0.2) is 6.07 Å². The van der Waals surface area contributed by atoms with Gasteiger partial charge in [-0.05, 0) is 0 Å². The van der Waals surface area contributed by atoms with Crippen molar-refractivity contribution in [1.82, 2.24) is 0 Å². The Morgan fingerprint density at radius 3 is 2.50 bits per heavy atom. The summed E-state index contributed by atoms with van der Waals surface area (Å²) >= 11 is 1.59. The van der Waals surface area contributed by atoms with Crippen LogP contribution >= 0.6 is 11.3 Å². The van der Waals surface area contributed by atoms with E-state index in [0.717, 1.165) is 0 Å². The van der Waals surface area contributed by atoms with Gasteiger partial charge in [0.25, 0.3) is 0 Å². The van der Waals surface area contributed by atoms with Gasteiger partial charge in [0.1, 0.15) is 0 Å². The first-order valence-electron chi connectivity index (χ1n) is 1.40. The molecule has 0 unspecified atom stereocenters. The van der Waals surface area contributed by atoms with E-state index >= 15 is 0 Å². The van der Waals surface area contributed by atoms with Gasteiger partial charge in [-0.2, -0.15) is 11.4 Å². The molecule has 0 aliphatic carbocycles. The van der Waals surface area contributed by atoms with E-state index in [9.17, 15) is 0 Å². The van der Waals surface area contributed by atoms with Gasteiger partial charge >= 0.3 is 0 Å². The predicted octanol–water partition coefficient (Wildman–Crippen LogP) is 1.55. The Balaban J connectivity index is 0.000000250. The first-order chi connectivity index (χ1) is 2.50. The van der Waals surface area contributed by atoms with Crippen LogP contribution in [0.25, 0.3) is 0 Å². The van der Waals surface area contributed by atoms with E-state index in [4.69, 9.17) is 0 Å². The molecule has 0 aliphatic rings. The molecule has 0 aromatic carbocycles. The SMILES string of the molecule is [Zn].[c-]1cccs1. The van der Waals surface area contributed by atoms with Crippen molar-refractivity contribution in [2.45, 2.75) is 0 Å². The van der Waals surface area contributed by atoms with Crippen LogP contribution in [0, 0.1) is 5.38 Å². The van der Waals surface area contributed by atoms with Crippen LogP contribution in [0.4, 0.5) is 0 Å². The molecule has 2 heteroatoms. The second-order valence-corrected chi connectivity index (χ2v) is 1.47. The molecule has 1 aromatic heterocycles. The molecule has 0 bridgehead atoms. The molecule has 0 saturated carbocycles. The topological polar surface area (TPSA) is 0 Å². The molecule has 0 N–H and O–H groups in total. The first kappa shape index (κ1) is 6.32. The van der Waals surface area contributed by atoms with E-state index in [1.165, 1.54) is 0 Å². The van der Waals surface area contributed by atoms with Crippen LogP contribution in [0.3, 0.4) is 0 Å². The van der Waals surface area contributed by atoms with Crippen LogP contribution in [0.5, 0.6) is 0 Å². The number of rotatable bonds is 0. The summed E-state index contributed by atoms with van der Waals surface area (Å²) in [5.74, 6) is 0. The Bertz CT molecular complexity index is 64.0. The van der Waals surface area contributed by atoms with Gasteiger partial charge in [0, 0.05) is 19.5 Å². The minimum absolute atomic E-state index is 0. The van der Waals surface area contributed by atoms with Gasteiger partial charge in [-0.3, -0.25) is 0 Å². The first-order valence-corrected chi connectivity index (χ1v) is 2.27. The van der Waals surface area contributed by atoms with E-state index in [-0.39, 0.29) is 19.5 Å². The van der Waals surface area contributed by atoms with Gasteiger partial charge in [-0.15, -0.1) is 5.38 Å². The van der Waals surface area contributed by atoms with Crippen LogP contribution in [-0.4, -0.2) is 0 Å². The molecule has 1 rings (SSSR count). The zero-order valence-electron chi connectivity index (χ0n) is 3.35. The third-order valence-electron chi connectivity index (χ3n) is 0.379. The summed E-state index contributed by atoms with van der Waals surface area (Å²) in [6.07, 6.45) is 0. The maximum atomic E-state index is 2.90. The number of hydrogen-bond donors (Lipinski definition) is 0. The summed E-state index contributed by atoms with van der Waals surface area (Å²) in [7, 11) is 0. The molecule has 0 spiro atoms. The fraction of sp³-hybridized carbons (Fsp3) is 0. The third-order valence-corrected chi connectivity index (χ3v) is 0.944. The minimum atomic E-state index is 0. The third kappa shape index (κ3) is 1.69. The van der Waals surface area contributed by atoms with Crippen LogP contribution < -0.4 is 0 Å². The quantitative estimate of drug-likeness (QED) is 0.387. The number of hydrogen-bond acceptors (Lipinski definition) is 1. The Morgan fingerprint density at radius 1 is 1.50 bits per heavy atom. The molecular formula is C4H3SZn-. The summed E-state index contributed by atoms with van der Waals surface area (Å²) in [5, 5.41) is 4.89. The molecule has 0 amide bonds. The second kappa shape index (κ2) is 3.51. The molecule has 1 heterocycles. The summed E-state index contributed by atoms with van der Waals surface area (Å²) in [6, 6.07) is 3.86. The van der Waals surface area contributed by atoms with Crippen LogP contribution in [-0.2, 0) is 19.5 Å². The van der Waals surface area contributed by atoms with Gasteiger partial charge < -0.3 is 11.3 Å². The largest absolute Gasteiger partial charge is 0.304 e. The van der Waals surface area contributed by atoms with Gasteiger partial charge in [0.15, 0.2) is 0 Å². The van der Waals surface area contributed by atoms with Crippen LogP contribution in [0.15, 0.2) is 17.5 Å². The van der Waals surface area contributed by atoms with Crippen molar-refractivity contribution < 1.29 is 19.5 Å². The maximum absolute atomic E-state index is 2.90. The van der Waals surface area contributed by atoms with E-state index in [1.54, 1.807) is 11.3 Å². The average Bonchev–Trinajstić information content (AvgIpc) is 1.76. The fourth-order valence-electron chi connectivity index (χ4n) is 0.196. The zero-order valence-corrected chi connectivity index (χ0v) is 7.13. The van der Waals surface area contributed by atoms with Gasteiger partial charge in [-0.1, -0.05) is 0 Å². The number of thiophene rings is 1. The fourth-order valence-corrected chi connectivity index (χ4v) is 0.589. The summed E-state index contributed by atoms with van der Waals surface area (Å²) in [5.41, 5.74) is 0. The Kier molecular flexibility index (Phi) is 3.70. The van der Waals surface area contributed by atoms with Crippen molar-refractivity contribution in [2.75, 3.05) is 0 Å². The summed E-state index contributed by atoms with van der Waals surface area (Å²) < 4.78 is 0. The van der Waals surface area contributed by atoms with Gasteiger partial charge in [0.2, 0.25) is 0 Å². The monoisotopic (exact) mass is 147 g/mol. The van der Waals surface area contributed by atoms with Crippen LogP contribution in [0.2, 0.25) is 0 Å².